The van der Waals surface area contributed by atoms with E-state index in [4.69, 9.17) is 16.3 Å². The van der Waals surface area contributed by atoms with Crippen molar-refractivity contribution >= 4 is 35.0 Å². The van der Waals surface area contributed by atoms with E-state index in [2.05, 4.69) is 10.3 Å². The lowest BCUT2D eigenvalue weighted by molar-refractivity contribution is -0.139. The zero-order chi connectivity index (χ0) is 30.0. The van der Waals surface area contributed by atoms with Crippen molar-refractivity contribution in [2.45, 2.75) is 51.1 Å². The van der Waals surface area contributed by atoms with Gasteiger partial charge in [0.05, 0.1) is 35.9 Å². The Labute approximate surface area is 247 Å². The van der Waals surface area contributed by atoms with Gasteiger partial charge < -0.3 is 15.0 Å². The Morgan fingerprint density at radius 3 is 2.69 bits per heavy atom. The quantitative estimate of drug-likeness (QED) is 0.294. The molecule has 2 bridgehead atoms. The number of rotatable bonds is 4. The molecule has 3 heterocycles. The summed E-state index contributed by atoms with van der Waals surface area (Å²) in [7, 11) is 1.32. The maximum absolute atomic E-state index is 14.7. The molecule has 0 unspecified atom stereocenters. The number of ether oxygens (including phenoxy) is 1. The lowest BCUT2D eigenvalue weighted by Crippen LogP contribution is -2.38. The first-order valence-corrected chi connectivity index (χ1v) is 14.2. The van der Waals surface area contributed by atoms with Gasteiger partial charge in [-0.2, -0.15) is 0 Å². The van der Waals surface area contributed by atoms with Crippen molar-refractivity contribution in [1.29, 1.82) is 0 Å². The Kier molecular flexibility index (Phi) is 8.68. The van der Waals surface area contributed by atoms with Crippen LogP contribution in [0.1, 0.15) is 65.8 Å². The van der Waals surface area contributed by atoms with Gasteiger partial charge in [0.15, 0.2) is 5.82 Å². The number of nitrogens with one attached hydrogen (secondary N) is 1. The molecular weight excluding hydrogens is 564 g/mol. The van der Waals surface area contributed by atoms with Gasteiger partial charge in [-0.15, -0.1) is 0 Å². The van der Waals surface area contributed by atoms with E-state index in [0.717, 1.165) is 17.7 Å². The number of pyridine rings is 1. The molecule has 2 aromatic carbocycles. The molecule has 0 saturated heterocycles. The third-order valence-corrected chi connectivity index (χ3v) is 8.07. The second-order valence-corrected chi connectivity index (χ2v) is 11.0. The molecule has 10 heteroatoms. The highest BCUT2D eigenvalue weighted by Gasteiger charge is 2.31. The van der Waals surface area contributed by atoms with E-state index in [-0.39, 0.29) is 53.4 Å². The van der Waals surface area contributed by atoms with Crippen LogP contribution < -0.4 is 5.32 Å². The van der Waals surface area contributed by atoms with Gasteiger partial charge in [0.2, 0.25) is 5.91 Å². The van der Waals surface area contributed by atoms with E-state index in [0.29, 0.717) is 41.6 Å². The van der Waals surface area contributed by atoms with Crippen molar-refractivity contribution < 1.29 is 27.9 Å². The molecular formula is C32H30ClF2N3O4. The molecule has 3 aromatic rings. The van der Waals surface area contributed by atoms with Crippen LogP contribution in [0, 0.1) is 11.6 Å². The van der Waals surface area contributed by atoms with Gasteiger partial charge in [-0.3, -0.25) is 19.4 Å². The zero-order valence-electron chi connectivity index (χ0n) is 23.3. The second kappa shape index (κ2) is 12.4. The summed E-state index contributed by atoms with van der Waals surface area (Å²) in [5.41, 5.74) is 3.10. The van der Waals surface area contributed by atoms with Crippen LogP contribution in [0.3, 0.4) is 0 Å². The average Bonchev–Trinajstić information content (AvgIpc) is 2.97. The maximum Gasteiger partial charge on any atom is 0.309 e. The van der Waals surface area contributed by atoms with Crippen LogP contribution in [0.2, 0.25) is 5.02 Å². The molecule has 1 aromatic heterocycles. The first kappa shape index (κ1) is 29.4. The van der Waals surface area contributed by atoms with Crippen molar-refractivity contribution in [2.24, 2.45) is 0 Å². The van der Waals surface area contributed by atoms with Crippen molar-refractivity contribution in [3.63, 3.8) is 0 Å². The molecule has 1 N–H and O–H groups in total. The fourth-order valence-electron chi connectivity index (χ4n) is 5.62. The van der Waals surface area contributed by atoms with Crippen molar-refractivity contribution in [1.82, 2.24) is 15.2 Å². The largest absolute Gasteiger partial charge is 0.469 e. The molecule has 7 nitrogen and oxygen atoms in total. The number of halogens is 3. The number of carbonyl (C=O) groups excluding carboxylic acids is 3. The standard InChI is InChI=1S/C32H30ClF2N3O4/c1-18-4-3-5-27(38-13-11-21(17-28(38)39)30-25(34)9-8-24(33)31(30)35)26-16-20(10-12-36-26)22-7-6-19(15-29(40)42-2)14-23(22)32(41)37-18/h6-10,12,14,16-18,27H,3-5,11,13,15H2,1-2H3,(H,37,41)/t18-,27+/m1/s1. The smallest absolute Gasteiger partial charge is 0.309 e. The number of nitrogens with zero attached hydrogens (tertiary/aromatic N) is 2. The molecule has 0 spiro atoms. The fourth-order valence-corrected chi connectivity index (χ4v) is 5.77. The molecule has 2 atom stereocenters. The van der Waals surface area contributed by atoms with Gasteiger partial charge in [0.1, 0.15) is 5.82 Å². The minimum Gasteiger partial charge on any atom is -0.469 e. The second-order valence-electron chi connectivity index (χ2n) is 10.6. The summed E-state index contributed by atoms with van der Waals surface area (Å²) in [5.74, 6) is -2.67. The average molecular weight is 594 g/mol. The highest BCUT2D eigenvalue weighted by Crippen LogP contribution is 2.36. The van der Waals surface area contributed by atoms with Crippen molar-refractivity contribution in [3.8, 4) is 11.1 Å². The molecule has 5 rings (SSSR count). The van der Waals surface area contributed by atoms with Crippen LogP contribution >= 0.6 is 11.6 Å². The summed E-state index contributed by atoms with van der Waals surface area (Å²) >= 11 is 5.89. The first-order chi connectivity index (χ1) is 20.2. The molecule has 0 aliphatic carbocycles. The van der Waals surface area contributed by atoms with E-state index in [1.165, 1.54) is 13.2 Å². The molecule has 42 heavy (non-hydrogen) atoms. The third kappa shape index (κ3) is 6.06. The number of amides is 2. The normalized spacial score (nSPS) is 19.2. The number of fused-ring (bicyclic) bond motifs is 4. The molecule has 2 amide bonds. The molecule has 0 radical (unpaired) electrons. The summed E-state index contributed by atoms with van der Waals surface area (Å²) in [4.78, 5) is 45.0. The van der Waals surface area contributed by atoms with E-state index in [1.807, 2.05) is 13.0 Å². The number of methoxy groups -OCH3 is 1. The fraction of sp³-hybridized carbons (Fsp3) is 0.312. The van der Waals surface area contributed by atoms with Gasteiger partial charge in [0.25, 0.3) is 5.91 Å². The number of aromatic nitrogens is 1. The summed E-state index contributed by atoms with van der Waals surface area (Å²) in [6, 6.07) is 10.6. The Balaban J connectivity index is 1.53. The van der Waals surface area contributed by atoms with Gasteiger partial charge in [-0.25, -0.2) is 8.78 Å². The topological polar surface area (TPSA) is 88.6 Å². The van der Waals surface area contributed by atoms with Crippen molar-refractivity contribution in [3.05, 3.63) is 93.8 Å². The number of benzene rings is 2. The molecule has 0 saturated carbocycles. The number of carbonyl (C=O) groups is 3. The van der Waals surface area contributed by atoms with Crippen LogP contribution in [0.5, 0.6) is 0 Å². The maximum atomic E-state index is 14.7. The molecule has 2 aliphatic heterocycles. The Morgan fingerprint density at radius 2 is 1.93 bits per heavy atom. The molecule has 218 valence electrons. The first-order valence-electron chi connectivity index (χ1n) is 13.8. The number of hydrogen-bond donors (Lipinski definition) is 1. The predicted molar refractivity (Wildman–Crippen MR) is 155 cm³/mol. The molecule has 0 fully saturated rings. The molecule has 2 aliphatic rings. The van der Waals surface area contributed by atoms with Crippen LogP contribution in [0.25, 0.3) is 16.7 Å². The van der Waals surface area contributed by atoms with Gasteiger partial charge in [-0.1, -0.05) is 23.7 Å². The Bertz CT molecular complexity index is 1590. The third-order valence-electron chi connectivity index (χ3n) is 7.77. The van der Waals surface area contributed by atoms with Gasteiger partial charge >= 0.3 is 5.97 Å². The lowest BCUT2D eigenvalue weighted by Gasteiger charge is -2.34. The number of esters is 1. The van der Waals surface area contributed by atoms with E-state index in [1.54, 1.807) is 35.4 Å². The Morgan fingerprint density at radius 1 is 1.12 bits per heavy atom. The van der Waals surface area contributed by atoms with E-state index in [9.17, 15) is 23.2 Å². The summed E-state index contributed by atoms with van der Waals surface area (Å²) < 4.78 is 34.1. The zero-order valence-corrected chi connectivity index (χ0v) is 24.0. The highest BCUT2D eigenvalue weighted by atomic mass is 35.5. The van der Waals surface area contributed by atoms with Crippen LogP contribution in [-0.4, -0.2) is 47.4 Å². The van der Waals surface area contributed by atoms with E-state index < -0.39 is 23.6 Å². The van der Waals surface area contributed by atoms with Gasteiger partial charge in [-0.05, 0) is 85.2 Å². The van der Waals surface area contributed by atoms with Crippen LogP contribution in [-0.2, 0) is 20.7 Å². The SMILES string of the molecule is COC(=O)Cc1ccc2c(c1)C(=O)N[C@H](C)CCC[C@H](N1CCC(c3c(F)ccc(Cl)c3F)=CC1=O)c1cc-2ccn1. The Hall–Kier alpha value is -4.11. The summed E-state index contributed by atoms with van der Waals surface area (Å²) in [5, 5.41) is 2.85. The predicted octanol–water partition coefficient (Wildman–Crippen LogP) is 6.05. The van der Waals surface area contributed by atoms with E-state index >= 15 is 0 Å². The lowest BCUT2D eigenvalue weighted by atomic mass is 9.92. The van der Waals surface area contributed by atoms with Crippen LogP contribution in [0.15, 0.2) is 54.7 Å². The van der Waals surface area contributed by atoms with Crippen LogP contribution in [0.4, 0.5) is 8.78 Å². The van der Waals surface area contributed by atoms with Gasteiger partial charge in [0, 0.05) is 30.4 Å². The minimum absolute atomic E-state index is 0.0336. The highest BCUT2D eigenvalue weighted by molar-refractivity contribution is 6.31. The van der Waals surface area contributed by atoms with Crippen molar-refractivity contribution in [2.75, 3.05) is 13.7 Å². The summed E-state index contributed by atoms with van der Waals surface area (Å²) in [6.07, 6.45) is 5.12. The number of hydrogen-bond acceptors (Lipinski definition) is 5. The minimum atomic E-state index is -0.881. The summed E-state index contributed by atoms with van der Waals surface area (Å²) in [6.45, 7) is 2.16. The monoisotopic (exact) mass is 593 g/mol.